The van der Waals surface area contributed by atoms with Crippen LogP contribution in [-0.4, -0.2) is 55.9 Å². The summed E-state index contributed by atoms with van der Waals surface area (Å²) in [5.74, 6) is 0.375. The van der Waals surface area contributed by atoms with Crippen molar-refractivity contribution in [2.45, 2.75) is 6.92 Å². The number of amides is 1. The highest BCUT2D eigenvalue weighted by atomic mass is 16.5. The molecule has 0 spiro atoms. The van der Waals surface area contributed by atoms with Crippen LogP contribution < -0.4 is 10.5 Å². The van der Waals surface area contributed by atoms with Gasteiger partial charge in [-0.1, -0.05) is 0 Å². The molecule has 1 aromatic rings. The number of hydrogen-bond donors (Lipinski definition) is 2. The highest BCUT2D eigenvalue weighted by molar-refractivity contribution is 5.95. The van der Waals surface area contributed by atoms with Gasteiger partial charge in [0.2, 0.25) is 0 Å². The van der Waals surface area contributed by atoms with Gasteiger partial charge in [-0.2, -0.15) is 0 Å². The number of nitrogens with zero attached hydrogens (tertiary/aromatic N) is 1. The summed E-state index contributed by atoms with van der Waals surface area (Å²) in [6.07, 6.45) is 0. The van der Waals surface area contributed by atoms with Crippen LogP contribution in [0.5, 0.6) is 5.75 Å². The molecule has 0 saturated heterocycles. The molecule has 0 fully saturated rings. The van der Waals surface area contributed by atoms with Crippen molar-refractivity contribution in [3.8, 4) is 5.75 Å². The summed E-state index contributed by atoms with van der Waals surface area (Å²) in [6, 6.07) is 4.94. The van der Waals surface area contributed by atoms with E-state index in [4.69, 9.17) is 20.3 Å². The number of methoxy groups -OCH3 is 1. The van der Waals surface area contributed by atoms with Crippen LogP contribution in [0.1, 0.15) is 17.3 Å². The Morgan fingerprint density at radius 1 is 1.40 bits per heavy atom. The van der Waals surface area contributed by atoms with E-state index in [0.29, 0.717) is 36.8 Å². The topological polar surface area (TPSA) is 85.0 Å². The minimum absolute atomic E-state index is 0.0953. The zero-order valence-corrected chi connectivity index (χ0v) is 12.0. The van der Waals surface area contributed by atoms with Crippen molar-refractivity contribution in [3.05, 3.63) is 23.8 Å². The number of anilines is 1. The second-order valence-corrected chi connectivity index (χ2v) is 4.19. The van der Waals surface area contributed by atoms with Crippen LogP contribution >= 0.6 is 0 Å². The maximum Gasteiger partial charge on any atom is 0.254 e. The minimum atomic E-state index is -0.189. The van der Waals surface area contributed by atoms with Crippen LogP contribution in [-0.2, 0) is 4.74 Å². The van der Waals surface area contributed by atoms with Gasteiger partial charge < -0.3 is 25.2 Å². The number of benzene rings is 1. The molecule has 0 bridgehead atoms. The lowest BCUT2D eigenvalue weighted by Crippen LogP contribution is -2.36. The number of carbonyl (C=O) groups is 1. The fourth-order valence-electron chi connectivity index (χ4n) is 1.79. The number of aliphatic hydroxyl groups excluding tert-OH is 1. The molecule has 6 heteroatoms. The summed E-state index contributed by atoms with van der Waals surface area (Å²) < 4.78 is 10.3. The van der Waals surface area contributed by atoms with E-state index in [1.54, 1.807) is 25.3 Å². The molecule has 0 unspecified atom stereocenters. The maximum atomic E-state index is 12.3. The van der Waals surface area contributed by atoms with Crippen molar-refractivity contribution in [2.24, 2.45) is 0 Å². The number of carbonyl (C=O) groups excluding carboxylic acids is 1. The van der Waals surface area contributed by atoms with E-state index in [2.05, 4.69) is 0 Å². The van der Waals surface area contributed by atoms with Gasteiger partial charge in [0.05, 0.1) is 25.5 Å². The van der Waals surface area contributed by atoms with Crippen molar-refractivity contribution in [3.63, 3.8) is 0 Å². The molecule has 1 rings (SSSR count). The number of hydrogen-bond acceptors (Lipinski definition) is 5. The van der Waals surface area contributed by atoms with E-state index in [-0.39, 0.29) is 19.1 Å². The summed E-state index contributed by atoms with van der Waals surface area (Å²) in [4.78, 5) is 13.9. The Morgan fingerprint density at radius 2 is 2.15 bits per heavy atom. The molecule has 0 saturated carbocycles. The van der Waals surface area contributed by atoms with Crippen molar-refractivity contribution in [2.75, 3.05) is 45.8 Å². The van der Waals surface area contributed by atoms with E-state index in [9.17, 15) is 4.79 Å². The van der Waals surface area contributed by atoms with Crippen LogP contribution in [0.25, 0.3) is 0 Å². The van der Waals surface area contributed by atoms with Gasteiger partial charge in [0.15, 0.2) is 0 Å². The molecule has 0 atom stereocenters. The van der Waals surface area contributed by atoms with Crippen LogP contribution in [0.4, 0.5) is 5.69 Å². The molecule has 112 valence electrons. The van der Waals surface area contributed by atoms with Gasteiger partial charge in [-0.25, -0.2) is 0 Å². The molecular weight excluding hydrogens is 260 g/mol. The number of nitrogen functional groups attached to an aromatic ring is 1. The number of nitrogens with two attached hydrogens (primary N) is 1. The summed E-state index contributed by atoms with van der Waals surface area (Å²) in [6.45, 7) is 3.38. The minimum Gasteiger partial charge on any atom is -0.492 e. The fraction of sp³-hybridized carbons (Fsp3) is 0.500. The molecule has 0 aromatic heterocycles. The lowest BCUT2D eigenvalue weighted by Gasteiger charge is -2.21. The quantitative estimate of drug-likeness (QED) is 0.687. The normalized spacial score (nSPS) is 10.3. The highest BCUT2D eigenvalue weighted by Crippen LogP contribution is 2.23. The molecule has 0 heterocycles. The summed E-state index contributed by atoms with van der Waals surface area (Å²) >= 11 is 0. The van der Waals surface area contributed by atoms with Gasteiger partial charge in [0.25, 0.3) is 5.91 Å². The summed E-state index contributed by atoms with van der Waals surface area (Å²) in [5, 5.41) is 9.02. The largest absolute Gasteiger partial charge is 0.492 e. The monoisotopic (exact) mass is 282 g/mol. The summed E-state index contributed by atoms with van der Waals surface area (Å²) in [5.41, 5.74) is 6.74. The van der Waals surface area contributed by atoms with Gasteiger partial charge in [-0.05, 0) is 25.1 Å². The third kappa shape index (κ3) is 4.40. The van der Waals surface area contributed by atoms with Gasteiger partial charge in [0.1, 0.15) is 5.75 Å². The molecule has 0 aliphatic carbocycles. The number of rotatable bonds is 8. The molecule has 1 amide bonds. The van der Waals surface area contributed by atoms with E-state index < -0.39 is 0 Å². The van der Waals surface area contributed by atoms with E-state index in [1.165, 1.54) is 4.90 Å². The van der Waals surface area contributed by atoms with Crippen molar-refractivity contribution in [1.82, 2.24) is 4.90 Å². The van der Waals surface area contributed by atoms with E-state index in [1.807, 2.05) is 6.92 Å². The average molecular weight is 282 g/mol. The van der Waals surface area contributed by atoms with Crippen LogP contribution in [0, 0.1) is 0 Å². The number of ether oxygens (including phenoxy) is 2. The van der Waals surface area contributed by atoms with Crippen molar-refractivity contribution < 1.29 is 19.4 Å². The zero-order valence-electron chi connectivity index (χ0n) is 12.0. The molecule has 0 radical (unpaired) electrons. The second-order valence-electron chi connectivity index (χ2n) is 4.19. The molecule has 0 aliphatic rings. The first-order valence-corrected chi connectivity index (χ1v) is 6.55. The molecular formula is C14H22N2O4. The van der Waals surface area contributed by atoms with Gasteiger partial charge in [-0.3, -0.25) is 4.79 Å². The second kappa shape index (κ2) is 8.39. The standard InChI is InChI=1S/C14H22N2O4/c1-3-20-13-5-4-11(10-12(13)15)14(18)16(6-8-17)7-9-19-2/h4-5,10,17H,3,6-9,15H2,1-2H3. The predicted molar refractivity (Wildman–Crippen MR) is 76.9 cm³/mol. The maximum absolute atomic E-state index is 12.3. The first-order chi connectivity index (χ1) is 9.63. The lowest BCUT2D eigenvalue weighted by molar-refractivity contribution is 0.0656. The van der Waals surface area contributed by atoms with E-state index >= 15 is 0 Å². The Morgan fingerprint density at radius 3 is 2.70 bits per heavy atom. The fourth-order valence-corrected chi connectivity index (χ4v) is 1.79. The molecule has 0 aliphatic heterocycles. The Hall–Kier alpha value is -1.79. The number of aliphatic hydroxyl groups is 1. The first-order valence-electron chi connectivity index (χ1n) is 6.55. The molecule has 6 nitrogen and oxygen atoms in total. The van der Waals surface area contributed by atoms with Gasteiger partial charge in [-0.15, -0.1) is 0 Å². The first kappa shape index (κ1) is 16.3. The van der Waals surface area contributed by atoms with Crippen LogP contribution in [0.15, 0.2) is 18.2 Å². The van der Waals surface area contributed by atoms with Crippen LogP contribution in [0.3, 0.4) is 0 Å². The molecule has 20 heavy (non-hydrogen) atoms. The van der Waals surface area contributed by atoms with Gasteiger partial charge in [0, 0.05) is 25.8 Å². The third-order valence-electron chi connectivity index (χ3n) is 2.78. The van der Waals surface area contributed by atoms with E-state index in [0.717, 1.165) is 0 Å². The highest BCUT2D eigenvalue weighted by Gasteiger charge is 2.16. The Kier molecular flexibility index (Phi) is 6.83. The smallest absolute Gasteiger partial charge is 0.254 e. The van der Waals surface area contributed by atoms with Crippen LogP contribution in [0.2, 0.25) is 0 Å². The average Bonchev–Trinajstić information content (AvgIpc) is 2.45. The Labute approximate surface area is 119 Å². The Bertz CT molecular complexity index is 437. The molecule has 3 N–H and O–H groups in total. The SMILES string of the molecule is CCOc1ccc(C(=O)N(CCO)CCOC)cc1N. The molecule has 1 aromatic carbocycles. The lowest BCUT2D eigenvalue weighted by atomic mass is 10.1. The Balaban J connectivity index is 2.85. The summed E-state index contributed by atoms with van der Waals surface area (Å²) in [7, 11) is 1.57. The van der Waals surface area contributed by atoms with Crippen molar-refractivity contribution >= 4 is 11.6 Å². The van der Waals surface area contributed by atoms with Crippen molar-refractivity contribution in [1.29, 1.82) is 0 Å². The zero-order chi connectivity index (χ0) is 15.0. The third-order valence-corrected chi connectivity index (χ3v) is 2.78. The predicted octanol–water partition coefficient (Wildman–Crippen LogP) is 0.748. The van der Waals surface area contributed by atoms with Gasteiger partial charge >= 0.3 is 0 Å².